The first-order chi connectivity index (χ1) is 17.4. The van der Waals surface area contributed by atoms with Crippen LogP contribution in [0.2, 0.25) is 0 Å². The van der Waals surface area contributed by atoms with Crippen LogP contribution in [-0.2, 0) is 26.2 Å². The summed E-state index contributed by atoms with van der Waals surface area (Å²) >= 11 is 3.42. The summed E-state index contributed by atoms with van der Waals surface area (Å²) in [5, 5.41) is 4.55. The first kappa shape index (κ1) is 27.1. The standard InChI is InChI=1S/C28H32BrN3O4S/c1-19(27(34)30-28(2,3)4)31(18-20-13-15-22(29)16-14-20)25(33)12-7-17-32-23-10-5-8-21-9-6-11-24(26(21)23)37(32,35)36/h5-6,8-11,13-16,19H,7,12,17-18H2,1-4H3,(H,30,34)/t19-/m1/s1. The molecule has 196 valence electrons. The van der Waals surface area contributed by atoms with Crippen molar-refractivity contribution in [3.63, 3.8) is 0 Å². The van der Waals surface area contributed by atoms with Crippen molar-refractivity contribution in [2.24, 2.45) is 0 Å². The third-order valence-electron chi connectivity index (χ3n) is 6.36. The number of nitrogens with zero attached hydrogens (tertiary/aromatic N) is 2. The van der Waals surface area contributed by atoms with E-state index in [0.29, 0.717) is 17.0 Å². The Morgan fingerprint density at radius 3 is 2.32 bits per heavy atom. The molecule has 9 heteroatoms. The van der Waals surface area contributed by atoms with Gasteiger partial charge in [0.15, 0.2) is 0 Å². The average Bonchev–Trinajstić information content (AvgIpc) is 3.05. The monoisotopic (exact) mass is 585 g/mol. The third-order valence-corrected chi connectivity index (χ3v) is 8.75. The second-order valence-electron chi connectivity index (χ2n) is 10.4. The summed E-state index contributed by atoms with van der Waals surface area (Å²) in [7, 11) is -3.68. The van der Waals surface area contributed by atoms with E-state index < -0.39 is 21.6 Å². The maximum absolute atomic E-state index is 13.4. The minimum absolute atomic E-state index is 0.113. The molecule has 4 rings (SSSR count). The molecule has 0 unspecified atom stereocenters. The topological polar surface area (TPSA) is 86.8 Å². The Bertz CT molecular complexity index is 1430. The maximum Gasteiger partial charge on any atom is 0.265 e. The van der Waals surface area contributed by atoms with Crippen LogP contribution in [0.4, 0.5) is 5.69 Å². The number of anilines is 1. The molecular weight excluding hydrogens is 554 g/mol. The van der Waals surface area contributed by atoms with E-state index in [0.717, 1.165) is 20.8 Å². The molecule has 1 aliphatic heterocycles. The number of halogens is 1. The Kier molecular flexibility index (Phi) is 7.67. The molecule has 0 aromatic heterocycles. The number of carbonyl (C=O) groups excluding carboxylic acids is 2. The molecular formula is C28H32BrN3O4S. The molecule has 1 heterocycles. The second kappa shape index (κ2) is 10.5. The van der Waals surface area contributed by atoms with Crippen molar-refractivity contribution in [2.45, 2.75) is 63.6 Å². The quantitative estimate of drug-likeness (QED) is 0.392. The smallest absolute Gasteiger partial charge is 0.265 e. The number of nitrogens with one attached hydrogen (secondary N) is 1. The van der Waals surface area contributed by atoms with Crippen LogP contribution < -0.4 is 9.62 Å². The molecule has 0 radical (unpaired) electrons. The summed E-state index contributed by atoms with van der Waals surface area (Å²) in [6.45, 7) is 7.86. The van der Waals surface area contributed by atoms with E-state index in [9.17, 15) is 18.0 Å². The van der Waals surface area contributed by atoms with Crippen LogP contribution in [0.25, 0.3) is 10.8 Å². The molecule has 37 heavy (non-hydrogen) atoms. The highest BCUT2D eigenvalue weighted by Crippen LogP contribution is 2.42. The van der Waals surface area contributed by atoms with E-state index in [-0.39, 0.29) is 31.3 Å². The zero-order chi connectivity index (χ0) is 27.0. The zero-order valence-corrected chi connectivity index (χ0v) is 23.9. The van der Waals surface area contributed by atoms with Gasteiger partial charge in [0.2, 0.25) is 11.8 Å². The first-order valence-electron chi connectivity index (χ1n) is 12.3. The van der Waals surface area contributed by atoms with Crippen molar-refractivity contribution < 1.29 is 18.0 Å². The van der Waals surface area contributed by atoms with Gasteiger partial charge in [-0.2, -0.15) is 0 Å². The van der Waals surface area contributed by atoms with Crippen LogP contribution in [0.3, 0.4) is 0 Å². The summed E-state index contributed by atoms with van der Waals surface area (Å²) in [5.41, 5.74) is 1.11. The first-order valence-corrected chi connectivity index (χ1v) is 14.5. The summed E-state index contributed by atoms with van der Waals surface area (Å²) in [6.07, 6.45) is 0.439. The van der Waals surface area contributed by atoms with Crippen LogP contribution in [0.5, 0.6) is 0 Å². The fourth-order valence-electron chi connectivity index (χ4n) is 4.56. The number of hydrogen-bond acceptors (Lipinski definition) is 4. The van der Waals surface area contributed by atoms with E-state index in [1.54, 1.807) is 30.0 Å². The highest BCUT2D eigenvalue weighted by atomic mass is 79.9. The molecule has 7 nitrogen and oxygen atoms in total. The Morgan fingerprint density at radius 2 is 1.68 bits per heavy atom. The number of sulfonamides is 1. The Labute approximate surface area is 227 Å². The van der Waals surface area contributed by atoms with Gasteiger partial charge in [-0.05, 0) is 69.3 Å². The Hall–Kier alpha value is -2.91. The molecule has 2 amide bonds. The molecule has 3 aromatic rings. The third kappa shape index (κ3) is 5.83. The molecule has 0 fully saturated rings. The van der Waals surface area contributed by atoms with Crippen molar-refractivity contribution in [1.29, 1.82) is 0 Å². The van der Waals surface area contributed by atoms with Gasteiger partial charge < -0.3 is 10.2 Å². The number of benzene rings is 3. The van der Waals surface area contributed by atoms with E-state index >= 15 is 0 Å². The van der Waals surface area contributed by atoms with E-state index in [4.69, 9.17) is 0 Å². The molecule has 0 spiro atoms. The lowest BCUT2D eigenvalue weighted by molar-refractivity contribution is -0.141. The fourth-order valence-corrected chi connectivity index (χ4v) is 6.57. The summed E-state index contributed by atoms with van der Waals surface area (Å²) in [4.78, 5) is 28.3. The Morgan fingerprint density at radius 1 is 1.03 bits per heavy atom. The van der Waals surface area contributed by atoms with Gasteiger partial charge in [-0.25, -0.2) is 8.42 Å². The number of hydrogen-bond donors (Lipinski definition) is 1. The van der Waals surface area contributed by atoms with Gasteiger partial charge in [-0.1, -0.05) is 52.3 Å². The molecule has 1 aliphatic rings. The van der Waals surface area contributed by atoms with Gasteiger partial charge in [-0.3, -0.25) is 13.9 Å². The minimum atomic E-state index is -3.68. The predicted molar refractivity (Wildman–Crippen MR) is 150 cm³/mol. The van der Waals surface area contributed by atoms with Gasteiger partial charge in [0.05, 0.1) is 10.6 Å². The van der Waals surface area contributed by atoms with Gasteiger partial charge in [0.1, 0.15) is 6.04 Å². The van der Waals surface area contributed by atoms with Crippen LogP contribution >= 0.6 is 15.9 Å². The lowest BCUT2D eigenvalue weighted by Gasteiger charge is -2.31. The van der Waals surface area contributed by atoms with Crippen LogP contribution in [0.1, 0.15) is 46.1 Å². The van der Waals surface area contributed by atoms with Gasteiger partial charge in [-0.15, -0.1) is 0 Å². The fraction of sp³-hybridized carbons (Fsp3) is 0.357. The second-order valence-corrected chi connectivity index (χ2v) is 13.1. The van der Waals surface area contributed by atoms with Crippen molar-refractivity contribution in [3.8, 4) is 0 Å². The average molecular weight is 587 g/mol. The summed E-state index contributed by atoms with van der Waals surface area (Å²) < 4.78 is 28.8. The van der Waals surface area contributed by atoms with Crippen LogP contribution in [-0.4, -0.2) is 43.3 Å². The molecule has 0 saturated heterocycles. The molecule has 0 saturated carbocycles. The van der Waals surface area contributed by atoms with Crippen LogP contribution in [0.15, 0.2) is 70.0 Å². The van der Waals surface area contributed by atoms with E-state index in [1.807, 2.05) is 63.2 Å². The normalized spacial score (nSPS) is 15.0. The van der Waals surface area contributed by atoms with Crippen molar-refractivity contribution >= 4 is 54.2 Å². The predicted octanol–water partition coefficient (Wildman–Crippen LogP) is 5.22. The molecule has 3 aromatic carbocycles. The van der Waals surface area contributed by atoms with Crippen molar-refractivity contribution in [3.05, 3.63) is 70.7 Å². The van der Waals surface area contributed by atoms with E-state index in [2.05, 4.69) is 21.2 Å². The molecule has 1 atom stereocenters. The number of carbonyl (C=O) groups is 2. The van der Waals surface area contributed by atoms with E-state index in [1.165, 1.54) is 4.31 Å². The van der Waals surface area contributed by atoms with Gasteiger partial charge in [0.25, 0.3) is 10.0 Å². The van der Waals surface area contributed by atoms with Crippen molar-refractivity contribution in [2.75, 3.05) is 10.8 Å². The molecule has 0 aliphatic carbocycles. The highest BCUT2D eigenvalue weighted by Gasteiger charge is 2.35. The number of rotatable bonds is 8. The molecule has 0 bridgehead atoms. The summed E-state index contributed by atoms with van der Waals surface area (Å²) in [5.74, 6) is -0.436. The summed E-state index contributed by atoms with van der Waals surface area (Å²) in [6, 6.07) is 17.7. The molecule has 1 N–H and O–H groups in total. The largest absolute Gasteiger partial charge is 0.350 e. The lowest BCUT2D eigenvalue weighted by Crippen LogP contribution is -2.52. The zero-order valence-electron chi connectivity index (χ0n) is 21.5. The van der Waals surface area contributed by atoms with Gasteiger partial charge in [0, 0.05) is 34.9 Å². The maximum atomic E-state index is 13.4. The Balaban J connectivity index is 1.50. The van der Waals surface area contributed by atoms with Crippen LogP contribution in [0, 0.1) is 0 Å². The number of amides is 2. The van der Waals surface area contributed by atoms with Gasteiger partial charge >= 0.3 is 0 Å². The van der Waals surface area contributed by atoms with Crippen molar-refractivity contribution in [1.82, 2.24) is 10.2 Å². The highest BCUT2D eigenvalue weighted by molar-refractivity contribution is 9.10. The lowest BCUT2D eigenvalue weighted by atomic mass is 10.1. The minimum Gasteiger partial charge on any atom is -0.350 e. The SMILES string of the molecule is C[C@H](C(=O)NC(C)(C)C)N(Cc1ccc(Br)cc1)C(=O)CCCN1c2cccc3cccc(c23)S1(=O)=O.